The summed E-state index contributed by atoms with van der Waals surface area (Å²) in [6.45, 7) is 0. The maximum atomic E-state index is 12.0. The second-order valence-electron chi connectivity index (χ2n) is 7.33. The SMILES string of the molecule is CNC1(CC(=O)OC)CC23CCCCC2=CN2C=CCCC2=C3O1. The molecule has 2 atom stereocenters. The number of hydrogen-bond donors (Lipinski definition) is 1. The average Bonchev–Trinajstić information content (AvgIpc) is 2.94. The van der Waals surface area contributed by atoms with Gasteiger partial charge in [-0.1, -0.05) is 12.5 Å². The Balaban J connectivity index is 1.79. The van der Waals surface area contributed by atoms with Crippen molar-refractivity contribution in [1.29, 1.82) is 0 Å². The Morgan fingerprint density at radius 3 is 3.08 bits per heavy atom. The van der Waals surface area contributed by atoms with Gasteiger partial charge in [0.15, 0.2) is 5.72 Å². The summed E-state index contributed by atoms with van der Waals surface area (Å²) in [6.07, 6.45) is 14.4. The van der Waals surface area contributed by atoms with Gasteiger partial charge in [-0.15, -0.1) is 0 Å². The zero-order valence-electron chi connectivity index (χ0n) is 14.6. The molecular weight excluding hydrogens is 304 g/mol. The molecule has 5 heteroatoms. The van der Waals surface area contributed by atoms with Crippen LogP contribution in [0.4, 0.5) is 0 Å². The number of nitrogens with zero attached hydrogens (tertiary/aromatic N) is 1. The van der Waals surface area contributed by atoms with E-state index in [2.05, 4.69) is 28.7 Å². The van der Waals surface area contributed by atoms with Gasteiger partial charge >= 0.3 is 5.97 Å². The number of ether oxygens (including phenoxy) is 2. The van der Waals surface area contributed by atoms with E-state index in [4.69, 9.17) is 9.47 Å². The number of carbonyl (C=O) groups is 1. The molecule has 1 saturated carbocycles. The number of methoxy groups -OCH3 is 1. The molecule has 4 rings (SSSR count). The largest absolute Gasteiger partial charge is 0.474 e. The van der Waals surface area contributed by atoms with E-state index in [0.717, 1.165) is 37.9 Å². The van der Waals surface area contributed by atoms with Crippen LogP contribution in [0.2, 0.25) is 0 Å². The van der Waals surface area contributed by atoms with E-state index in [-0.39, 0.29) is 17.8 Å². The van der Waals surface area contributed by atoms with Crippen LogP contribution < -0.4 is 5.32 Å². The van der Waals surface area contributed by atoms with Crippen LogP contribution in [0.3, 0.4) is 0 Å². The lowest BCUT2D eigenvalue weighted by atomic mass is 9.65. The minimum Gasteiger partial charge on any atom is -0.474 e. The number of rotatable bonds is 3. The molecule has 0 aromatic heterocycles. The Labute approximate surface area is 143 Å². The van der Waals surface area contributed by atoms with Gasteiger partial charge < -0.3 is 14.4 Å². The maximum absolute atomic E-state index is 12.0. The smallest absolute Gasteiger partial charge is 0.311 e. The summed E-state index contributed by atoms with van der Waals surface area (Å²) in [5.41, 5.74) is 2.03. The highest BCUT2D eigenvalue weighted by Crippen LogP contribution is 2.61. The topological polar surface area (TPSA) is 50.8 Å². The van der Waals surface area contributed by atoms with Gasteiger partial charge in [0.25, 0.3) is 0 Å². The summed E-state index contributed by atoms with van der Waals surface area (Å²) in [5, 5.41) is 3.30. The Kier molecular flexibility index (Phi) is 3.71. The quantitative estimate of drug-likeness (QED) is 0.806. The Hall–Kier alpha value is -1.75. The Bertz CT molecular complexity index is 651. The van der Waals surface area contributed by atoms with Crippen molar-refractivity contribution in [3.63, 3.8) is 0 Å². The predicted octanol–water partition coefficient (Wildman–Crippen LogP) is 3.16. The molecule has 0 bridgehead atoms. The number of esters is 1. The van der Waals surface area contributed by atoms with Crippen LogP contribution in [0.5, 0.6) is 0 Å². The lowest BCUT2D eigenvalue weighted by Crippen LogP contribution is -2.45. The van der Waals surface area contributed by atoms with E-state index in [1.165, 1.54) is 31.2 Å². The van der Waals surface area contributed by atoms with Crippen molar-refractivity contribution in [3.05, 3.63) is 35.5 Å². The molecule has 130 valence electrons. The molecular formula is C19H26N2O3. The van der Waals surface area contributed by atoms with E-state index in [1.54, 1.807) is 0 Å². The summed E-state index contributed by atoms with van der Waals surface area (Å²) < 4.78 is 11.5. The van der Waals surface area contributed by atoms with Crippen molar-refractivity contribution in [1.82, 2.24) is 10.2 Å². The van der Waals surface area contributed by atoms with Crippen LogP contribution in [0.1, 0.15) is 51.4 Å². The third-order valence-corrected chi connectivity index (χ3v) is 6.03. The number of fused-ring (bicyclic) bond motifs is 1. The van der Waals surface area contributed by atoms with Gasteiger partial charge in [-0.05, 0) is 44.7 Å². The molecule has 1 N–H and O–H groups in total. The van der Waals surface area contributed by atoms with Crippen LogP contribution in [0.25, 0.3) is 0 Å². The lowest BCUT2D eigenvalue weighted by Gasteiger charge is -2.42. The van der Waals surface area contributed by atoms with Crippen molar-refractivity contribution in [2.75, 3.05) is 14.2 Å². The van der Waals surface area contributed by atoms with Gasteiger partial charge in [0, 0.05) is 18.8 Å². The summed E-state index contributed by atoms with van der Waals surface area (Å²) >= 11 is 0. The second-order valence-corrected chi connectivity index (χ2v) is 7.33. The first-order chi connectivity index (χ1) is 11.6. The van der Waals surface area contributed by atoms with E-state index in [1.807, 2.05) is 7.05 Å². The lowest BCUT2D eigenvalue weighted by molar-refractivity contribution is -0.147. The maximum Gasteiger partial charge on any atom is 0.311 e. The molecule has 1 aliphatic carbocycles. The molecule has 1 saturated heterocycles. The van der Waals surface area contributed by atoms with Crippen LogP contribution in [-0.4, -0.2) is 30.8 Å². The average molecular weight is 330 g/mol. The van der Waals surface area contributed by atoms with Crippen molar-refractivity contribution >= 4 is 5.97 Å². The first-order valence-electron chi connectivity index (χ1n) is 8.97. The molecule has 2 fully saturated rings. The highest BCUT2D eigenvalue weighted by molar-refractivity contribution is 5.70. The molecule has 2 unspecified atom stereocenters. The highest BCUT2D eigenvalue weighted by atomic mass is 16.5. The van der Waals surface area contributed by atoms with Gasteiger partial charge in [0.2, 0.25) is 0 Å². The van der Waals surface area contributed by atoms with E-state index in [9.17, 15) is 4.79 Å². The summed E-state index contributed by atoms with van der Waals surface area (Å²) in [6, 6.07) is 0. The summed E-state index contributed by atoms with van der Waals surface area (Å²) in [5.74, 6) is 0.869. The first kappa shape index (κ1) is 15.8. The van der Waals surface area contributed by atoms with Gasteiger partial charge in [-0.25, -0.2) is 0 Å². The molecule has 1 spiro atoms. The molecule has 5 nitrogen and oxygen atoms in total. The number of allylic oxidation sites excluding steroid dienone is 3. The predicted molar refractivity (Wildman–Crippen MR) is 90.3 cm³/mol. The fourth-order valence-electron chi connectivity index (χ4n) is 4.80. The Morgan fingerprint density at radius 1 is 1.42 bits per heavy atom. The third-order valence-electron chi connectivity index (χ3n) is 6.03. The molecule has 0 aromatic carbocycles. The minimum atomic E-state index is -0.664. The van der Waals surface area contributed by atoms with E-state index in [0.29, 0.717) is 0 Å². The fraction of sp³-hybridized carbons (Fsp3) is 0.632. The summed E-state index contributed by atoms with van der Waals surface area (Å²) in [4.78, 5) is 14.2. The highest BCUT2D eigenvalue weighted by Gasteiger charge is 2.58. The van der Waals surface area contributed by atoms with E-state index >= 15 is 0 Å². The molecule has 0 aromatic rings. The van der Waals surface area contributed by atoms with Crippen molar-refractivity contribution in [2.45, 2.75) is 57.1 Å². The molecule has 4 aliphatic rings. The molecule has 0 radical (unpaired) electrons. The van der Waals surface area contributed by atoms with Gasteiger partial charge in [-0.2, -0.15) is 0 Å². The Morgan fingerprint density at radius 2 is 2.29 bits per heavy atom. The van der Waals surface area contributed by atoms with Gasteiger partial charge in [0.05, 0.1) is 24.6 Å². The monoisotopic (exact) mass is 330 g/mol. The van der Waals surface area contributed by atoms with Crippen molar-refractivity contribution in [2.24, 2.45) is 5.41 Å². The van der Waals surface area contributed by atoms with Gasteiger partial charge in [-0.3, -0.25) is 10.1 Å². The molecule has 24 heavy (non-hydrogen) atoms. The van der Waals surface area contributed by atoms with Crippen molar-refractivity contribution in [3.8, 4) is 0 Å². The summed E-state index contributed by atoms with van der Waals surface area (Å²) in [7, 11) is 3.32. The van der Waals surface area contributed by atoms with Crippen LogP contribution in [-0.2, 0) is 14.3 Å². The minimum absolute atomic E-state index is 0.0354. The number of nitrogens with one attached hydrogen (secondary N) is 1. The first-order valence-corrected chi connectivity index (χ1v) is 8.97. The fourth-order valence-corrected chi connectivity index (χ4v) is 4.80. The van der Waals surface area contributed by atoms with E-state index < -0.39 is 5.72 Å². The zero-order chi connectivity index (χ0) is 16.8. The number of carbonyl (C=O) groups excluding carboxylic acids is 1. The second kappa shape index (κ2) is 5.66. The number of hydrogen-bond acceptors (Lipinski definition) is 5. The van der Waals surface area contributed by atoms with Gasteiger partial charge in [0.1, 0.15) is 5.76 Å². The van der Waals surface area contributed by atoms with Crippen LogP contribution >= 0.6 is 0 Å². The molecule has 3 aliphatic heterocycles. The molecule has 0 amide bonds. The van der Waals surface area contributed by atoms with Crippen LogP contribution in [0, 0.1) is 5.41 Å². The standard InChI is InChI=1S/C19H26N2O3/c1-20-19(11-16(22)23-2)13-18-9-5-3-7-14(18)12-21-10-6-4-8-15(21)17(18)24-19/h6,10,12,20H,3-5,7-9,11,13H2,1-2H3. The normalized spacial score (nSPS) is 34.1. The van der Waals surface area contributed by atoms with Crippen LogP contribution in [0.15, 0.2) is 35.5 Å². The molecule has 3 heterocycles. The third kappa shape index (κ3) is 2.21. The van der Waals surface area contributed by atoms with Crippen molar-refractivity contribution < 1.29 is 14.3 Å². The zero-order valence-corrected chi connectivity index (χ0v) is 14.6.